The van der Waals surface area contributed by atoms with Gasteiger partial charge in [0.15, 0.2) is 0 Å². The molecule has 9 heteroatoms. The molecule has 0 atom stereocenters. The van der Waals surface area contributed by atoms with Crippen LogP contribution in [-0.2, 0) is 11.8 Å². The highest BCUT2D eigenvalue weighted by molar-refractivity contribution is 6.00. The van der Waals surface area contributed by atoms with Gasteiger partial charge in [-0.05, 0) is 68.0 Å². The molecule has 1 aliphatic rings. The first-order valence-electron chi connectivity index (χ1n) is 15.4. The molecular formula is C36H43N5O4. The molecule has 3 amide bonds. The van der Waals surface area contributed by atoms with Crippen LogP contribution in [0.5, 0.6) is 11.5 Å². The number of hydrogen-bond acceptors (Lipinski definition) is 5. The van der Waals surface area contributed by atoms with Gasteiger partial charge in [0.1, 0.15) is 17.3 Å². The number of piperidine rings is 1. The Morgan fingerprint density at radius 2 is 1.53 bits per heavy atom. The highest BCUT2D eigenvalue weighted by Crippen LogP contribution is 2.30. The predicted molar refractivity (Wildman–Crippen MR) is 178 cm³/mol. The van der Waals surface area contributed by atoms with E-state index in [1.165, 1.54) is 0 Å². The molecule has 3 aromatic carbocycles. The summed E-state index contributed by atoms with van der Waals surface area (Å²) >= 11 is 0. The van der Waals surface area contributed by atoms with Crippen LogP contribution < -0.4 is 20.1 Å². The summed E-state index contributed by atoms with van der Waals surface area (Å²) in [5, 5.41) is 10.9. The van der Waals surface area contributed by atoms with Crippen LogP contribution in [0.2, 0.25) is 0 Å². The lowest BCUT2D eigenvalue weighted by Crippen LogP contribution is -2.39. The van der Waals surface area contributed by atoms with Crippen molar-refractivity contribution in [1.82, 2.24) is 14.7 Å². The van der Waals surface area contributed by atoms with Crippen molar-refractivity contribution in [2.24, 2.45) is 5.92 Å². The van der Waals surface area contributed by atoms with E-state index in [0.717, 1.165) is 47.5 Å². The summed E-state index contributed by atoms with van der Waals surface area (Å²) in [4.78, 5) is 28.5. The molecule has 1 aromatic heterocycles. The minimum absolute atomic E-state index is 0.0242. The Bertz CT molecular complexity index is 1620. The molecule has 9 nitrogen and oxygen atoms in total. The van der Waals surface area contributed by atoms with Gasteiger partial charge < -0.3 is 19.7 Å². The lowest BCUT2D eigenvalue weighted by Gasteiger charge is -2.32. The van der Waals surface area contributed by atoms with E-state index in [2.05, 4.69) is 37.5 Å². The molecule has 1 fully saturated rings. The number of carbonyl (C=O) groups excluding carboxylic acids is 2. The Balaban J connectivity index is 1.24. The van der Waals surface area contributed by atoms with Crippen molar-refractivity contribution >= 4 is 23.4 Å². The maximum atomic E-state index is 13.3. The number of methoxy groups -OCH3 is 2. The van der Waals surface area contributed by atoms with Crippen LogP contribution >= 0.6 is 0 Å². The molecule has 45 heavy (non-hydrogen) atoms. The zero-order valence-electron chi connectivity index (χ0n) is 27.0. The topological polar surface area (TPSA) is 97.7 Å². The fraction of sp³-hybridized carbons (Fsp3) is 0.361. The lowest BCUT2D eigenvalue weighted by atomic mass is 9.89. The number of hydrogen-bond donors (Lipinski definition) is 2. The fourth-order valence-electron chi connectivity index (χ4n) is 5.57. The summed E-state index contributed by atoms with van der Waals surface area (Å²) in [6, 6.07) is 22.8. The van der Waals surface area contributed by atoms with Crippen LogP contribution in [0.1, 0.15) is 60.8 Å². The molecule has 236 valence electrons. The van der Waals surface area contributed by atoms with Gasteiger partial charge in [-0.3, -0.25) is 10.1 Å². The smallest absolute Gasteiger partial charge is 0.324 e. The van der Waals surface area contributed by atoms with Gasteiger partial charge in [0.25, 0.3) is 5.91 Å². The van der Waals surface area contributed by atoms with Gasteiger partial charge in [-0.2, -0.15) is 5.10 Å². The molecule has 1 saturated heterocycles. The van der Waals surface area contributed by atoms with Gasteiger partial charge in [0.2, 0.25) is 0 Å². The molecule has 1 aliphatic heterocycles. The highest BCUT2D eigenvalue weighted by Gasteiger charge is 2.26. The normalized spacial score (nSPS) is 13.8. The minimum atomic E-state index is -0.328. The Labute approximate surface area is 265 Å². The summed E-state index contributed by atoms with van der Waals surface area (Å²) < 4.78 is 12.5. The maximum absolute atomic E-state index is 13.3. The average Bonchev–Trinajstić information content (AvgIpc) is 3.46. The Morgan fingerprint density at radius 1 is 0.889 bits per heavy atom. The highest BCUT2D eigenvalue weighted by atomic mass is 16.5. The lowest BCUT2D eigenvalue weighted by molar-refractivity contribution is 0.0689. The number of nitrogens with zero attached hydrogens (tertiary/aromatic N) is 3. The fourth-order valence-corrected chi connectivity index (χ4v) is 5.57. The molecule has 4 aromatic rings. The van der Waals surface area contributed by atoms with Gasteiger partial charge in [0.05, 0.1) is 25.6 Å². The van der Waals surface area contributed by atoms with Crippen molar-refractivity contribution in [1.29, 1.82) is 0 Å². The molecule has 0 unspecified atom stereocenters. The molecule has 0 aliphatic carbocycles. The number of likely N-dealkylation sites (tertiary alicyclic amines) is 1. The van der Waals surface area contributed by atoms with E-state index in [-0.39, 0.29) is 17.4 Å². The number of rotatable bonds is 8. The number of benzene rings is 3. The largest absolute Gasteiger partial charge is 0.497 e. The quantitative estimate of drug-likeness (QED) is 0.220. The third-order valence-corrected chi connectivity index (χ3v) is 8.27. The van der Waals surface area contributed by atoms with E-state index in [9.17, 15) is 9.59 Å². The van der Waals surface area contributed by atoms with Crippen LogP contribution in [0, 0.1) is 12.8 Å². The van der Waals surface area contributed by atoms with E-state index in [4.69, 9.17) is 14.6 Å². The number of urea groups is 1. The number of ether oxygens (including phenoxy) is 2. The first-order chi connectivity index (χ1) is 21.5. The Morgan fingerprint density at radius 3 is 2.16 bits per heavy atom. The Hall–Kier alpha value is -4.79. The van der Waals surface area contributed by atoms with Crippen molar-refractivity contribution < 1.29 is 19.1 Å². The maximum Gasteiger partial charge on any atom is 0.324 e. The molecular weight excluding hydrogens is 566 g/mol. The molecule has 2 N–H and O–H groups in total. The molecule has 0 bridgehead atoms. The first-order valence-corrected chi connectivity index (χ1v) is 15.4. The van der Waals surface area contributed by atoms with E-state index >= 15 is 0 Å². The van der Waals surface area contributed by atoms with Crippen LogP contribution in [0.15, 0.2) is 72.8 Å². The molecule has 0 spiro atoms. The van der Waals surface area contributed by atoms with Crippen molar-refractivity contribution in [3.63, 3.8) is 0 Å². The third-order valence-electron chi connectivity index (χ3n) is 8.27. The Kier molecular flexibility index (Phi) is 9.46. The van der Waals surface area contributed by atoms with Gasteiger partial charge >= 0.3 is 6.03 Å². The van der Waals surface area contributed by atoms with E-state index in [1.807, 2.05) is 60.4 Å². The van der Waals surface area contributed by atoms with Gasteiger partial charge in [0, 0.05) is 41.9 Å². The SMILES string of the molecule is COc1cc(OC)cc(C(=O)N2CCC(Cc3ccccc3NC(=O)Nc3cc(C(C)(C)C)nn3-c3ccc(C)cc3)CC2)c1. The second kappa shape index (κ2) is 13.5. The van der Waals surface area contributed by atoms with Crippen molar-refractivity contribution in [3.8, 4) is 17.2 Å². The zero-order chi connectivity index (χ0) is 32.1. The number of amides is 3. The van der Waals surface area contributed by atoms with E-state index < -0.39 is 0 Å². The monoisotopic (exact) mass is 609 g/mol. The summed E-state index contributed by atoms with van der Waals surface area (Å²) in [7, 11) is 3.16. The first kappa shape index (κ1) is 31.6. The predicted octanol–water partition coefficient (Wildman–Crippen LogP) is 7.23. The standard InChI is InChI=1S/C36H43N5O4/c1-24-11-13-28(14-12-24)41-33(23-32(39-41)36(2,3)4)38-35(43)37-31-10-8-7-9-26(31)19-25-15-17-40(18-16-25)34(42)27-20-29(44-5)22-30(21-27)45-6/h7-14,20-23,25H,15-19H2,1-6H3,(H2,37,38,43). The van der Waals surface area contributed by atoms with Gasteiger partial charge in [-0.1, -0.05) is 56.7 Å². The van der Waals surface area contributed by atoms with E-state index in [1.54, 1.807) is 37.1 Å². The molecule has 5 rings (SSSR count). The number of carbonyl (C=O) groups is 2. The number of nitrogens with one attached hydrogen (secondary N) is 2. The molecule has 2 heterocycles. The minimum Gasteiger partial charge on any atom is -0.497 e. The van der Waals surface area contributed by atoms with E-state index in [0.29, 0.717) is 41.9 Å². The summed E-state index contributed by atoms with van der Waals surface area (Å²) in [6.45, 7) is 9.68. The summed E-state index contributed by atoms with van der Waals surface area (Å²) in [5.41, 5.74) is 5.13. The van der Waals surface area contributed by atoms with Gasteiger partial charge in [-0.25, -0.2) is 9.48 Å². The van der Waals surface area contributed by atoms with Crippen LogP contribution in [-0.4, -0.2) is 53.9 Å². The van der Waals surface area contributed by atoms with Crippen molar-refractivity contribution in [2.75, 3.05) is 37.9 Å². The number of anilines is 2. The van der Waals surface area contributed by atoms with Crippen LogP contribution in [0.3, 0.4) is 0 Å². The molecule has 0 radical (unpaired) electrons. The molecule has 0 saturated carbocycles. The van der Waals surface area contributed by atoms with Crippen LogP contribution in [0.25, 0.3) is 5.69 Å². The van der Waals surface area contributed by atoms with Crippen molar-refractivity contribution in [3.05, 3.63) is 95.2 Å². The second-order valence-electron chi connectivity index (χ2n) is 12.7. The third kappa shape index (κ3) is 7.66. The average molecular weight is 610 g/mol. The van der Waals surface area contributed by atoms with Gasteiger partial charge in [-0.15, -0.1) is 0 Å². The number of aryl methyl sites for hydroxylation is 1. The number of para-hydroxylation sites is 1. The van der Waals surface area contributed by atoms with Crippen molar-refractivity contribution in [2.45, 2.75) is 52.4 Å². The summed E-state index contributed by atoms with van der Waals surface area (Å²) in [6.07, 6.45) is 2.55. The zero-order valence-corrected chi connectivity index (χ0v) is 27.0. The summed E-state index contributed by atoms with van der Waals surface area (Å²) in [5.74, 6) is 2.15. The van der Waals surface area contributed by atoms with Crippen LogP contribution in [0.4, 0.5) is 16.3 Å². The second-order valence-corrected chi connectivity index (χ2v) is 12.7. The number of aromatic nitrogens is 2.